The predicted octanol–water partition coefficient (Wildman–Crippen LogP) is 2.06. The SMILES string of the molecule is CCOc1ccc(C2=C(C)N=C[C@](N)(N3CCOCC3C)C2)cn1. The van der Waals surface area contributed by atoms with Crippen molar-refractivity contribution in [3.8, 4) is 5.88 Å². The van der Waals surface area contributed by atoms with Gasteiger partial charge in [-0.2, -0.15) is 0 Å². The molecule has 0 amide bonds. The average Bonchev–Trinajstić information content (AvgIpc) is 2.59. The zero-order valence-electron chi connectivity index (χ0n) is 14.7. The first-order chi connectivity index (χ1) is 11.5. The molecule has 0 bridgehead atoms. The molecule has 1 saturated heterocycles. The number of aromatic nitrogens is 1. The molecule has 2 N–H and O–H groups in total. The maximum Gasteiger partial charge on any atom is 0.213 e. The molecule has 6 nitrogen and oxygen atoms in total. The molecule has 130 valence electrons. The second-order valence-corrected chi connectivity index (χ2v) is 6.43. The number of aliphatic imine (C=N–C) groups is 1. The molecule has 1 fully saturated rings. The highest BCUT2D eigenvalue weighted by molar-refractivity contribution is 5.82. The van der Waals surface area contributed by atoms with Crippen LogP contribution in [-0.4, -0.2) is 54.2 Å². The van der Waals surface area contributed by atoms with Crippen molar-refractivity contribution in [3.05, 3.63) is 29.6 Å². The molecule has 1 aromatic rings. The summed E-state index contributed by atoms with van der Waals surface area (Å²) in [5.74, 6) is 0.639. The van der Waals surface area contributed by atoms with Gasteiger partial charge in [0.1, 0.15) is 5.66 Å². The Kier molecular flexibility index (Phi) is 4.99. The first-order valence-corrected chi connectivity index (χ1v) is 8.51. The van der Waals surface area contributed by atoms with Crippen molar-refractivity contribution < 1.29 is 9.47 Å². The van der Waals surface area contributed by atoms with Crippen LogP contribution in [0.2, 0.25) is 0 Å². The second kappa shape index (κ2) is 7.01. The van der Waals surface area contributed by atoms with E-state index in [9.17, 15) is 0 Å². The van der Waals surface area contributed by atoms with Crippen molar-refractivity contribution in [2.75, 3.05) is 26.4 Å². The number of allylic oxidation sites excluding steroid dienone is 1. The normalized spacial score (nSPS) is 28.2. The molecule has 3 heterocycles. The molecule has 0 aromatic carbocycles. The number of hydrogen-bond donors (Lipinski definition) is 1. The minimum absolute atomic E-state index is 0.272. The number of rotatable bonds is 4. The lowest BCUT2D eigenvalue weighted by Crippen LogP contribution is -2.64. The molecule has 1 unspecified atom stereocenters. The van der Waals surface area contributed by atoms with E-state index >= 15 is 0 Å². The molecule has 3 rings (SSSR count). The lowest BCUT2D eigenvalue weighted by molar-refractivity contribution is -0.0341. The quantitative estimate of drug-likeness (QED) is 0.915. The van der Waals surface area contributed by atoms with Crippen molar-refractivity contribution in [2.45, 2.75) is 38.9 Å². The average molecular weight is 330 g/mol. The van der Waals surface area contributed by atoms with E-state index in [1.54, 1.807) is 0 Å². The largest absolute Gasteiger partial charge is 0.478 e. The molecular formula is C18H26N4O2. The van der Waals surface area contributed by atoms with Crippen molar-refractivity contribution >= 4 is 11.8 Å². The number of hydrogen-bond acceptors (Lipinski definition) is 6. The maximum atomic E-state index is 6.73. The maximum absolute atomic E-state index is 6.73. The Bertz CT molecular complexity index is 641. The van der Waals surface area contributed by atoms with Gasteiger partial charge in [0, 0.05) is 43.2 Å². The summed E-state index contributed by atoms with van der Waals surface area (Å²) in [4.78, 5) is 11.3. The third-order valence-corrected chi connectivity index (χ3v) is 4.66. The highest BCUT2D eigenvalue weighted by Gasteiger charge is 2.39. The van der Waals surface area contributed by atoms with Crippen molar-refractivity contribution in [2.24, 2.45) is 10.7 Å². The van der Waals surface area contributed by atoms with E-state index < -0.39 is 5.66 Å². The molecule has 2 aliphatic heterocycles. The fourth-order valence-corrected chi connectivity index (χ4v) is 3.37. The van der Waals surface area contributed by atoms with E-state index in [0.29, 0.717) is 32.1 Å². The first-order valence-electron chi connectivity index (χ1n) is 8.51. The third kappa shape index (κ3) is 3.36. The van der Waals surface area contributed by atoms with Gasteiger partial charge < -0.3 is 15.2 Å². The molecule has 2 aliphatic rings. The van der Waals surface area contributed by atoms with Gasteiger partial charge >= 0.3 is 0 Å². The summed E-state index contributed by atoms with van der Waals surface area (Å²) in [6.45, 7) is 8.95. The van der Waals surface area contributed by atoms with Gasteiger partial charge in [0.15, 0.2) is 0 Å². The van der Waals surface area contributed by atoms with Crippen LogP contribution in [0.25, 0.3) is 5.57 Å². The summed E-state index contributed by atoms with van der Waals surface area (Å²) in [6.07, 6.45) is 4.44. The first kappa shape index (κ1) is 17.1. The van der Waals surface area contributed by atoms with Gasteiger partial charge in [-0.15, -0.1) is 0 Å². The summed E-state index contributed by atoms with van der Waals surface area (Å²) in [5, 5.41) is 0. The zero-order valence-corrected chi connectivity index (χ0v) is 14.7. The predicted molar refractivity (Wildman–Crippen MR) is 95.0 cm³/mol. The minimum atomic E-state index is -0.587. The van der Waals surface area contributed by atoms with Crippen LogP contribution < -0.4 is 10.5 Å². The molecule has 1 aromatic heterocycles. The second-order valence-electron chi connectivity index (χ2n) is 6.43. The molecule has 24 heavy (non-hydrogen) atoms. The minimum Gasteiger partial charge on any atom is -0.478 e. The molecule has 0 radical (unpaired) electrons. The van der Waals surface area contributed by atoms with Gasteiger partial charge in [-0.05, 0) is 38.0 Å². The van der Waals surface area contributed by atoms with Gasteiger partial charge in [-0.25, -0.2) is 4.98 Å². The van der Waals surface area contributed by atoms with Crippen LogP contribution in [0.1, 0.15) is 32.8 Å². The standard InChI is InChI=1S/C18H26N4O2/c1-4-24-17-6-5-15(10-20-17)16-9-18(19,12-21-14(16)3)22-7-8-23-11-13(22)2/h5-6,10,12-13H,4,7-9,11,19H2,1-3H3/t13?,18-/m1/s1. The fraction of sp³-hybridized carbons (Fsp3) is 0.556. The van der Waals surface area contributed by atoms with Gasteiger partial charge in [-0.1, -0.05) is 0 Å². The van der Waals surface area contributed by atoms with Gasteiger partial charge in [-0.3, -0.25) is 9.89 Å². The number of nitrogens with zero attached hydrogens (tertiary/aromatic N) is 3. The number of nitrogens with two attached hydrogens (primary N) is 1. The lowest BCUT2D eigenvalue weighted by Gasteiger charge is -2.46. The molecule has 0 spiro atoms. The van der Waals surface area contributed by atoms with Gasteiger partial charge in [0.25, 0.3) is 0 Å². The fourth-order valence-electron chi connectivity index (χ4n) is 3.37. The third-order valence-electron chi connectivity index (χ3n) is 4.66. The molecule has 0 saturated carbocycles. The summed E-state index contributed by atoms with van der Waals surface area (Å²) < 4.78 is 11.0. The monoisotopic (exact) mass is 330 g/mol. The Morgan fingerprint density at radius 3 is 2.96 bits per heavy atom. The van der Waals surface area contributed by atoms with E-state index in [-0.39, 0.29) is 6.04 Å². The van der Waals surface area contributed by atoms with Crippen LogP contribution in [-0.2, 0) is 4.74 Å². The van der Waals surface area contributed by atoms with Crippen LogP contribution in [0.5, 0.6) is 5.88 Å². The highest BCUT2D eigenvalue weighted by Crippen LogP contribution is 2.33. The Balaban J connectivity index is 1.84. The Hall–Kier alpha value is -1.76. The summed E-state index contributed by atoms with van der Waals surface area (Å²) in [6, 6.07) is 4.20. The number of morpholine rings is 1. The Labute approximate surface area is 143 Å². The van der Waals surface area contributed by atoms with Crippen molar-refractivity contribution in [1.29, 1.82) is 0 Å². The van der Waals surface area contributed by atoms with Gasteiger partial charge in [0.05, 0.1) is 19.8 Å². The van der Waals surface area contributed by atoms with Crippen LogP contribution in [0.15, 0.2) is 29.0 Å². The van der Waals surface area contributed by atoms with E-state index in [0.717, 1.165) is 23.4 Å². The zero-order chi connectivity index (χ0) is 17.2. The van der Waals surface area contributed by atoms with E-state index in [2.05, 4.69) is 21.8 Å². The van der Waals surface area contributed by atoms with Crippen LogP contribution in [0.3, 0.4) is 0 Å². The Morgan fingerprint density at radius 2 is 2.29 bits per heavy atom. The van der Waals surface area contributed by atoms with E-state index in [1.807, 2.05) is 38.4 Å². The summed E-state index contributed by atoms with van der Waals surface area (Å²) in [5.41, 5.74) is 9.31. The topological polar surface area (TPSA) is 73.0 Å². The molecule has 6 heteroatoms. The summed E-state index contributed by atoms with van der Waals surface area (Å²) >= 11 is 0. The summed E-state index contributed by atoms with van der Waals surface area (Å²) in [7, 11) is 0. The number of ether oxygens (including phenoxy) is 2. The number of pyridine rings is 1. The highest BCUT2D eigenvalue weighted by atomic mass is 16.5. The van der Waals surface area contributed by atoms with Crippen LogP contribution in [0.4, 0.5) is 0 Å². The smallest absolute Gasteiger partial charge is 0.213 e. The van der Waals surface area contributed by atoms with E-state index in [1.165, 1.54) is 0 Å². The van der Waals surface area contributed by atoms with Crippen LogP contribution >= 0.6 is 0 Å². The lowest BCUT2D eigenvalue weighted by atomic mass is 9.90. The van der Waals surface area contributed by atoms with Gasteiger partial charge in [0.2, 0.25) is 5.88 Å². The van der Waals surface area contributed by atoms with Crippen LogP contribution in [0, 0.1) is 0 Å². The van der Waals surface area contributed by atoms with Crippen molar-refractivity contribution in [3.63, 3.8) is 0 Å². The Morgan fingerprint density at radius 1 is 1.46 bits per heavy atom. The van der Waals surface area contributed by atoms with Crippen molar-refractivity contribution in [1.82, 2.24) is 9.88 Å². The molecule has 2 atom stereocenters. The molecule has 0 aliphatic carbocycles. The molecular weight excluding hydrogens is 304 g/mol. The van der Waals surface area contributed by atoms with E-state index in [4.69, 9.17) is 15.2 Å².